The minimum Gasteiger partial charge on any atom is -0.481 e. The molecule has 0 radical (unpaired) electrons. The molecule has 2 fully saturated rings. The Labute approximate surface area is 227 Å². The zero-order valence-corrected chi connectivity index (χ0v) is 22.9. The summed E-state index contributed by atoms with van der Waals surface area (Å²) in [5.74, 6) is -1.90. The average Bonchev–Trinajstić information content (AvgIpc) is 3.40. The summed E-state index contributed by atoms with van der Waals surface area (Å²) in [6.45, 7) is 1.84. The normalized spacial score (nSPS) is 23.8. The number of halogens is 2. The van der Waals surface area contributed by atoms with Gasteiger partial charge in [0.05, 0.1) is 23.5 Å². The highest BCUT2D eigenvalue weighted by Gasteiger charge is 2.48. The number of rotatable bonds is 9. The Kier molecular flexibility index (Phi) is 8.84. The van der Waals surface area contributed by atoms with Crippen molar-refractivity contribution in [2.45, 2.75) is 75.0 Å². The molecule has 4 rings (SSSR count). The number of hydrogen-bond donors (Lipinski definition) is 1. The molecule has 4 atom stereocenters. The molecule has 1 heterocycles. The maximum atomic E-state index is 13.9. The van der Waals surface area contributed by atoms with Gasteiger partial charge in [-0.15, -0.1) is 0 Å². The number of carboxylic acid groups (broad SMARTS) is 1. The number of carbonyl (C=O) groups is 2. The molecular formula is C27H31Cl2NO6S. The molecule has 1 aliphatic heterocycles. The van der Waals surface area contributed by atoms with Gasteiger partial charge in [0.2, 0.25) is 0 Å². The van der Waals surface area contributed by atoms with E-state index in [1.165, 1.54) is 0 Å². The van der Waals surface area contributed by atoms with Crippen LogP contribution in [0.5, 0.6) is 0 Å². The standard InChI is InChI=1S/C27H31Cl2NO6S/c1-2-21(16-37(34,35)22-8-3-4-9-22)30-25(17-10-12-19(28)13-11-17)26(18-6-5-7-20(29)14-18)36-23(27(30)33)15-24(31)32/h5-7,10-14,21-23,25-26H,2-4,8-9,15-16H2,1H3,(H,31,32)/t21?,23-,25+,26+/m0/s1. The van der Waals surface area contributed by atoms with E-state index in [9.17, 15) is 23.1 Å². The smallest absolute Gasteiger partial charge is 0.306 e. The van der Waals surface area contributed by atoms with Crippen LogP contribution in [0.1, 0.15) is 68.7 Å². The minimum absolute atomic E-state index is 0.188. The first-order valence-corrected chi connectivity index (χ1v) is 15.0. The number of sulfone groups is 1. The molecule has 200 valence electrons. The van der Waals surface area contributed by atoms with Gasteiger partial charge < -0.3 is 14.7 Å². The van der Waals surface area contributed by atoms with E-state index in [0.717, 1.165) is 12.8 Å². The number of carboxylic acids is 1. The summed E-state index contributed by atoms with van der Waals surface area (Å²) in [6.07, 6.45) is 0.810. The third-order valence-electron chi connectivity index (χ3n) is 7.28. The number of nitrogens with zero attached hydrogens (tertiary/aromatic N) is 1. The van der Waals surface area contributed by atoms with Crippen molar-refractivity contribution < 1.29 is 27.9 Å². The first kappa shape index (κ1) is 27.9. The van der Waals surface area contributed by atoms with Crippen LogP contribution in [0.3, 0.4) is 0 Å². The molecule has 1 saturated heterocycles. The van der Waals surface area contributed by atoms with Crippen LogP contribution in [-0.2, 0) is 24.2 Å². The van der Waals surface area contributed by atoms with Crippen LogP contribution in [0.4, 0.5) is 0 Å². The van der Waals surface area contributed by atoms with Crippen molar-refractivity contribution in [2.24, 2.45) is 0 Å². The fourth-order valence-electron chi connectivity index (χ4n) is 5.45. The average molecular weight is 569 g/mol. The van der Waals surface area contributed by atoms with E-state index >= 15 is 0 Å². The second-order valence-corrected chi connectivity index (χ2v) is 12.9. The second kappa shape index (κ2) is 11.7. The molecule has 1 saturated carbocycles. The zero-order valence-electron chi connectivity index (χ0n) is 20.6. The fraction of sp³-hybridized carbons (Fsp3) is 0.481. The molecule has 1 N–H and O–H groups in total. The van der Waals surface area contributed by atoms with Crippen molar-refractivity contribution in [3.8, 4) is 0 Å². The Balaban J connectivity index is 1.83. The Morgan fingerprint density at radius 2 is 1.76 bits per heavy atom. The fourth-order valence-corrected chi connectivity index (χ4v) is 8.03. The molecule has 2 aliphatic rings. The van der Waals surface area contributed by atoms with Crippen LogP contribution in [-0.4, -0.2) is 53.4 Å². The van der Waals surface area contributed by atoms with Gasteiger partial charge in [0.1, 0.15) is 12.2 Å². The number of benzene rings is 2. The number of hydrogen-bond acceptors (Lipinski definition) is 5. The molecule has 10 heteroatoms. The van der Waals surface area contributed by atoms with Gasteiger partial charge in [-0.3, -0.25) is 9.59 Å². The van der Waals surface area contributed by atoms with Crippen LogP contribution < -0.4 is 0 Å². The molecule has 1 amide bonds. The zero-order chi connectivity index (χ0) is 26.7. The van der Waals surface area contributed by atoms with Crippen LogP contribution in [0.25, 0.3) is 0 Å². The summed E-state index contributed by atoms with van der Waals surface area (Å²) in [5.41, 5.74) is 1.36. The van der Waals surface area contributed by atoms with Crippen molar-refractivity contribution in [2.75, 3.05) is 5.75 Å². The first-order chi connectivity index (χ1) is 17.6. The van der Waals surface area contributed by atoms with Gasteiger partial charge in [0.25, 0.3) is 5.91 Å². The monoisotopic (exact) mass is 567 g/mol. The summed E-state index contributed by atoms with van der Waals surface area (Å²) >= 11 is 12.4. The second-order valence-electron chi connectivity index (χ2n) is 9.74. The predicted octanol–water partition coefficient (Wildman–Crippen LogP) is 5.61. The van der Waals surface area contributed by atoms with Crippen molar-refractivity contribution in [1.29, 1.82) is 0 Å². The van der Waals surface area contributed by atoms with E-state index in [1.54, 1.807) is 47.4 Å². The van der Waals surface area contributed by atoms with Crippen LogP contribution >= 0.6 is 23.2 Å². The Morgan fingerprint density at radius 1 is 1.08 bits per heavy atom. The SMILES string of the molecule is CCC(CS(=O)(=O)C1CCCC1)N1C(=O)[C@H](CC(=O)O)O[C@H](c2cccc(Cl)c2)[C@H]1c1ccc(Cl)cc1. The highest BCUT2D eigenvalue weighted by molar-refractivity contribution is 7.92. The molecule has 0 bridgehead atoms. The van der Waals surface area contributed by atoms with E-state index in [0.29, 0.717) is 40.4 Å². The third kappa shape index (κ3) is 6.30. The lowest BCUT2D eigenvalue weighted by Crippen LogP contribution is -2.56. The lowest BCUT2D eigenvalue weighted by Gasteiger charge is -2.48. The summed E-state index contributed by atoms with van der Waals surface area (Å²) in [7, 11) is -3.48. The molecule has 2 aromatic carbocycles. The third-order valence-corrected chi connectivity index (χ3v) is 10.1. The largest absolute Gasteiger partial charge is 0.481 e. The lowest BCUT2D eigenvalue weighted by atomic mass is 9.89. The summed E-state index contributed by atoms with van der Waals surface area (Å²) in [5, 5.41) is 10.1. The Morgan fingerprint density at radius 3 is 2.35 bits per heavy atom. The number of aliphatic carboxylic acids is 1. The van der Waals surface area contributed by atoms with Crippen LogP contribution in [0.2, 0.25) is 10.0 Å². The van der Waals surface area contributed by atoms with Gasteiger partial charge >= 0.3 is 5.97 Å². The molecule has 7 nitrogen and oxygen atoms in total. The van der Waals surface area contributed by atoms with Crippen LogP contribution in [0.15, 0.2) is 48.5 Å². The number of morpholine rings is 1. The van der Waals surface area contributed by atoms with Crippen LogP contribution in [0, 0.1) is 0 Å². The van der Waals surface area contributed by atoms with E-state index in [1.807, 2.05) is 13.0 Å². The molecule has 37 heavy (non-hydrogen) atoms. The van der Waals surface area contributed by atoms with Gasteiger partial charge in [0, 0.05) is 16.1 Å². The Hall–Kier alpha value is -2.13. The summed E-state index contributed by atoms with van der Waals surface area (Å²) in [4.78, 5) is 27.1. The Bertz CT molecular complexity index is 1230. The summed E-state index contributed by atoms with van der Waals surface area (Å²) in [6, 6.07) is 12.6. The highest BCUT2D eigenvalue weighted by atomic mass is 35.5. The molecule has 0 aromatic heterocycles. The molecule has 0 spiro atoms. The van der Waals surface area contributed by atoms with Crippen molar-refractivity contribution in [1.82, 2.24) is 4.90 Å². The molecular weight excluding hydrogens is 537 g/mol. The quantitative estimate of drug-likeness (QED) is 0.422. The van der Waals surface area contributed by atoms with Crippen molar-refractivity contribution in [3.05, 3.63) is 69.7 Å². The van der Waals surface area contributed by atoms with Crippen molar-refractivity contribution >= 4 is 44.9 Å². The number of amides is 1. The molecule has 1 aliphatic carbocycles. The van der Waals surface area contributed by atoms with Gasteiger partial charge in [-0.25, -0.2) is 8.42 Å². The molecule has 1 unspecified atom stereocenters. The van der Waals surface area contributed by atoms with Gasteiger partial charge in [0.15, 0.2) is 9.84 Å². The van der Waals surface area contributed by atoms with E-state index in [2.05, 4.69) is 0 Å². The van der Waals surface area contributed by atoms with Crippen molar-refractivity contribution in [3.63, 3.8) is 0 Å². The van der Waals surface area contributed by atoms with Gasteiger partial charge in [-0.05, 0) is 54.7 Å². The first-order valence-electron chi connectivity index (χ1n) is 12.5. The number of ether oxygens (including phenoxy) is 1. The maximum absolute atomic E-state index is 13.9. The van der Waals surface area contributed by atoms with E-state index in [-0.39, 0.29) is 5.75 Å². The van der Waals surface area contributed by atoms with Gasteiger partial charge in [-0.1, -0.05) is 67.2 Å². The number of carbonyl (C=O) groups excluding carboxylic acids is 1. The highest BCUT2D eigenvalue weighted by Crippen LogP contribution is 2.45. The predicted molar refractivity (Wildman–Crippen MR) is 142 cm³/mol. The van der Waals surface area contributed by atoms with Gasteiger partial charge in [-0.2, -0.15) is 0 Å². The summed E-state index contributed by atoms with van der Waals surface area (Å²) < 4.78 is 33.0. The van der Waals surface area contributed by atoms with E-state index in [4.69, 9.17) is 27.9 Å². The topological polar surface area (TPSA) is 101 Å². The van der Waals surface area contributed by atoms with E-state index < -0.39 is 57.7 Å². The maximum Gasteiger partial charge on any atom is 0.306 e. The minimum atomic E-state index is -3.48. The molecule has 2 aromatic rings. The lowest BCUT2D eigenvalue weighted by molar-refractivity contribution is -0.182.